The molecule has 1 heterocycles. The number of hydrogen-bond donors (Lipinski definition) is 1. The minimum Gasteiger partial charge on any atom is -0.450 e. The highest BCUT2D eigenvalue weighted by atomic mass is 16.5. The first-order chi connectivity index (χ1) is 10.2. The number of ether oxygens (including phenoxy) is 1. The predicted octanol–water partition coefficient (Wildman–Crippen LogP) is 3.27. The quantitative estimate of drug-likeness (QED) is 0.929. The molecule has 0 unspecified atom stereocenters. The standard InChI is InChI=1S/C16H22N2O3/c1-2-21-16(20)17-14-9-7-13(8-10-14)15(19)18-11-5-3-4-6-12-18/h7-10H,2-6,11-12H2,1H3,(H,17,20). The molecule has 1 saturated heterocycles. The lowest BCUT2D eigenvalue weighted by Gasteiger charge is -2.20. The third kappa shape index (κ3) is 4.48. The van der Waals surface area contributed by atoms with Crippen LogP contribution in [0, 0.1) is 0 Å². The number of amides is 2. The number of nitrogens with zero attached hydrogens (tertiary/aromatic N) is 1. The molecule has 1 aliphatic rings. The van der Waals surface area contributed by atoms with Crippen LogP contribution in [0.4, 0.5) is 10.5 Å². The molecule has 0 spiro atoms. The Bertz CT molecular complexity index is 477. The molecule has 21 heavy (non-hydrogen) atoms. The summed E-state index contributed by atoms with van der Waals surface area (Å²) in [6, 6.07) is 6.94. The van der Waals surface area contributed by atoms with Crippen molar-refractivity contribution < 1.29 is 14.3 Å². The van der Waals surface area contributed by atoms with Gasteiger partial charge in [0, 0.05) is 24.3 Å². The average Bonchev–Trinajstić information content (AvgIpc) is 2.76. The van der Waals surface area contributed by atoms with Gasteiger partial charge < -0.3 is 9.64 Å². The van der Waals surface area contributed by atoms with Gasteiger partial charge in [-0.05, 0) is 44.0 Å². The second-order valence-corrected chi connectivity index (χ2v) is 5.13. The third-order valence-electron chi connectivity index (χ3n) is 3.55. The van der Waals surface area contributed by atoms with Crippen molar-refractivity contribution in [1.82, 2.24) is 4.90 Å². The molecule has 1 N–H and O–H groups in total. The first kappa shape index (κ1) is 15.4. The Kier molecular flexibility index (Phi) is 5.60. The second-order valence-electron chi connectivity index (χ2n) is 5.13. The van der Waals surface area contributed by atoms with Crippen molar-refractivity contribution in [3.63, 3.8) is 0 Å². The molecule has 0 aliphatic carbocycles. The lowest BCUT2D eigenvalue weighted by Crippen LogP contribution is -2.31. The molecule has 114 valence electrons. The number of carbonyl (C=O) groups is 2. The van der Waals surface area contributed by atoms with Gasteiger partial charge in [-0.25, -0.2) is 4.79 Å². The Hall–Kier alpha value is -2.04. The molecule has 2 amide bonds. The predicted molar refractivity (Wildman–Crippen MR) is 81.5 cm³/mol. The summed E-state index contributed by atoms with van der Waals surface area (Å²) in [6.45, 7) is 3.75. The first-order valence-corrected chi connectivity index (χ1v) is 7.54. The molecule has 5 nitrogen and oxygen atoms in total. The highest BCUT2D eigenvalue weighted by Gasteiger charge is 2.17. The number of carbonyl (C=O) groups excluding carboxylic acids is 2. The van der Waals surface area contributed by atoms with Crippen LogP contribution < -0.4 is 5.32 Å². The van der Waals surface area contributed by atoms with Gasteiger partial charge in [0.25, 0.3) is 5.91 Å². The molecule has 0 bridgehead atoms. The fourth-order valence-corrected chi connectivity index (χ4v) is 2.44. The molecule has 2 rings (SSSR count). The Morgan fingerprint density at radius 3 is 2.29 bits per heavy atom. The monoisotopic (exact) mass is 290 g/mol. The fourth-order valence-electron chi connectivity index (χ4n) is 2.44. The summed E-state index contributed by atoms with van der Waals surface area (Å²) in [5.41, 5.74) is 1.28. The summed E-state index contributed by atoms with van der Waals surface area (Å²) in [5, 5.41) is 2.61. The molecule has 0 saturated carbocycles. The van der Waals surface area contributed by atoms with Gasteiger partial charge in [-0.3, -0.25) is 10.1 Å². The highest BCUT2D eigenvalue weighted by molar-refractivity contribution is 5.95. The van der Waals surface area contributed by atoms with Crippen molar-refractivity contribution in [2.45, 2.75) is 32.6 Å². The van der Waals surface area contributed by atoms with Gasteiger partial charge in [0.1, 0.15) is 0 Å². The number of benzene rings is 1. The zero-order chi connectivity index (χ0) is 15.1. The largest absolute Gasteiger partial charge is 0.450 e. The minimum absolute atomic E-state index is 0.0691. The van der Waals surface area contributed by atoms with Crippen molar-refractivity contribution >= 4 is 17.7 Å². The smallest absolute Gasteiger partial charge is 0.411 e. The van der Waals surface area contributed by atoms with E-state index in [0.717, 1.165) is 25.9 Å². The van der Waals surface area contributed by atoms with Crippen molar-refractivity contribution in [2.24, 2.45) is 0 Å². The van der Waals surface area contributed by atoms with Gasteiger partial charge in [-0.2, -0.15) is 0 Å². The maximum atomic E-state index is 12.4. The van der Waals surface area contributed by atoms with Gasteiger partial charge in [-0.1, -0.05) is 12.8 Å². The summed E-state index contributed by atoms with van der Waals surface area (Å²) >= 11 is 0. The molecule has 1 aromatic rings. The highest BCUT2D eigenvalue weighted by Crippen LogP contribution is 2.15. The van der Waals surface area contributed by atoms with E-state index < -0.39 is 6.09 Å². The fraction of sp³-hybridized carbons (Fsp3) is 0.500. The lowest BCUT2D eigenvalue weighted by molar-refractivity contribution is 0.0761. The summed E-state index contributed by atoms with van der Waals surface area (Å²) in [6.07, 6.45) is 4.07. The zero-order valence-corrected chi connectivity index (χ0v) is 12.4. The van der Waals surface area contributed by atoms with Crippen molar-refractivity contribution in [1.29, 1.82) is 0 Å². The van der Waals surface area contributed by atoms with Crippen LogP contribution in [-0.2, 0) is 4.74 Å². The maximum absolute atomic E-state index is 12.4. The minimum atomic E-state index is -0.482. The van der Waals surface area contributed by atoms with Crippen LogP contribution in [0.15, 0.2) is 24.3 Å². The SMILES string of the molecule is CCOC(=O)Nc1ccc(C(=O)N2CCCCCC2)cc1. The van der Waals surface area contributed by atoms with Crippen molar-refractivity contribution in [3.8, 4) is 0 Å². The van der Waals surface area contributed by atoms with Gasteiger partial charge in [0.2, 0.25) is 0 Å². The van der Waals surface area contributed by atoms with Crippen LogP contribution in [0.5, 0.6) is 0 Å². The van der Waals surface area contributed by atoms with Crippen LogP contribution in [0.1, 0.15) is 43.0 Å². The van der Waals surface area contributed by atoms with Gasteiger partial charge >= 0.3 is 6.09 Å². The van der Waals surface area contributed by atoms with Gasteiger partial charge in [-0.15, -0.1) is 0 Å². The normalized spacial score (nSPS) is 15.2. The molecule has 1 fully saturated rings. The van der Waals surface area contributed by atoms with E-state index in [-0.39, 0.29) is 5.91 Å². The molecule has 1 aromatic carbocycles. The van der Waals surface area contributed by atoms with Gasteiger partial charge in [0.05, 0.1) is 6.61 Å². The van der Waals surface area contributed by atoms with Crippen LogP contribution in [-0.4, -0.2) is 36.6 Å². The average molecular weight is 290 g/mol. The third-order valence-corrected chi connectivity index (χ3v) is 3.55. The molecular weight excluding hydrogens is 268 g/mol. The van der Waals surface area contributed by atoms with Crippen LogP contribution in [0.3, 0.4) is 0 Å². The van der Waals surface area contributed by atoms with E-state index in [4.69, 9.17) is 4.74 Å². The molecular formula is C16H22N2O3. The van der Waals surface area contributed by atoms with E-state index in [2.05, 4.69) is 5.32 Å². The summed E-state index contributed by atoms with van der Waals surface area (Å²) in [7, 11) is 0. The summed E-state index contributed by atoms with van der Waals surface area (Å²) < 4.78 is 4.81. The van der Waals surface area contributed by atoms with Crippen molar-refractivity contribution in [2.75, 3.05) is 25.0 Å². The van der Waals surface area contributed by atoms with Crippen LogP contribution in [0.2, 0.25) is 0 Å². The van der Waals surface area contributed by atoms with E-state index in [1.54, 1.807) is 31.2 Å². The Morgan fingerprint density at radius 2 is 1.71 bits per heavy atom. The van der Waals surface area contributed by atoms with Crippen molar-refractivity contribution in [3.05, 3.63) is 29.8 Å². The molecule has 0 atom stereocenters. The lowest BCUT2D eigenvalue weighted by atomic mass is 10.1. The van der Waals surface area contributed by atoms with E-state index in [0.29, 0.717) is 17.9 Å². The van der Waals surface area contributed by atoms with Gasteiger partial charge in [0.15, 0.2) is 0 Å². The molecule has 0 aromatic heterocycles. The van der Waals surface area contributed by atoms with Crippen LogP contribution in [0.25, 0.3) is 0 Å². The molecule has 0 radical (unpaired) electrons. The molecule has 5 heteroatoms. The number of rotatable bonds is 3. The number of nitrogens with one attached hydrogen (secondary N) is 1. The summed E-state index contributed by atoms with van der Waals surface area (Å²) in [4.78, 5) is 25.6. The van der Waals surface area contributed by atoms with E-state index in [9.17, 15) is 9.59 Å². The van der Waals surface area contributed by atoms with E-state index in [1.807, 2.05) is 4.90 Å². The Labute approximate surface area is 125 Å². The number of likely N-dealkylation sites (tertiary alicyclic amines) is 1. The van der Waals surface area contributed by atoms with E-state index >= 15 is 0 Å². The topological polar surface area (TPSA) is 58.6 Å². The Balaban J connectivity index is 1.97. The number of anilines is 1. The van der Waals surface area contributed by atoms with Crippen LogP contribution >= 0.6 is 0 Å². The first-order valence-electron chi connectivity index (χ1n) is 7.54. The zero-order valence-electron chi connectivity index (χ0n) is 12.4. The maximum Gasteiger partial charge on any atom is 0.411 e. The Morgan fingerprint density at radius 1 is 1.10 bits per heavy atom. The second kappa shape index (κ2) is 7.67. The number of hydrogen-bond acceptors (Lipinski definition) is 3. The molecule has 1 aliphatic heterocycles. The summed E-state index contributed by atoms with van der Waals surface area (Å²) in [5.74, 6) is 0.0691. The van der Waals surface area contributed by atoms with E-state index in [1.165, 1.54) is 12.8 Å².